The number of nitrogens with zero attached hydrogens (tertiary/aromatic N) is 2. The highest BCUT2D eigenvalue weighted by atomic mass is 35.5. The van der Waals surface area contributed by atoms with Gasteiger partial charge in [-0.1, -0.05) is 0 Å². The topological polar surface area (TPSA) is 116 Å². The number of halogens is 5. The Morgan fingerprint density at radius 2 is 1.38 bits per heavy atom. The van der Waals surface area contributed by atoms with Crippen molar-refractivity contribution in [3.8, 4) is 5.75 Å². The Morgan fingerprint density at radius 3 is 1.79 bits per heavy atom. The molecule has 8 nitrogen and oxygen atoms in total. The highest BCUT2D eigenvalue weighted by Crippen LogP contribution is 2.27. The van der Waals surface area contributed by atoms with E-state index in [4.69, 9.17) is 33.0 Å². The highest BCUT2D eigenvalue weighted by molar-refractivity contribution is 6.18. The lowest BCUT2D eigenvalue weighted by Crippen LogP contribution is -2.01. The van der Waals surface area contributed by atoms with Gasteiger partial charge < -0.3 is 9.84 Å². The summed E-state index contributed by atoms with van der Waals surface area (Å²) in [4.78, 5) is 18.9. The third-order valence-electron chi connectivity index (χ3n) is 2.64. The highest BCUT2D eigenvalue weighted by Gasteiger charge is 2.15. The summed E-state index contributed by atoms with van der Waals surface area (Å²) in [6.45, 7) is 0.188. The summed E-state index contributed by atoms with van der Waals surface area (Å²) in [6, 6.07) is 5.11. The van der Waals surface area contributed by atoms with E-state index in [0.29, 0.717) is 11.9 Å². The normalized spacial score (nSPS) is 9.45. The number of aliphatic hydroxyl groups excluding tert-OH is 1. The van der Waals surface area contributed by atoms with E-state index in [0.717, 1.165) is 30.3 Å². The van der Waals surface area contributed by atoms with Crippen molar-refractivity contribution < 1.29 is 32.9 Å². The zero-order chi connectivity index (χ0) is 22.4. The first kappa shape index (κ1) is 26.4. The molecule has 2 aromatic carbocycles. The lowest BCUT2D eigenvalue weighted by molar-refractivity contribution is -0.387. The first-order valence-electron chi connectivity index (χ1n) is 7.56. The fraction of sp³-hybridized carbons (Fsp3) is 0.250. The van der Waals surface area contributed by atoms with E-state index in [1.165, 1.54) is 0 Å². The summed E-state index contributed by atoms with van der Waals surface area (Å²) < 4.78 is 42.2. The number of hydrogen-bond donors (Lipinski definition) is 1. The van der Waals surface area contributed by atoms with Crippen molar-refractivity contribution >= 4 is 34.6 Å². The molecule has 0 radical (unpaired) electrons. The average Bonchev–Trinajstić information content (AvgIpc) is 2.66. The lowest BCUT2D eigenvalue weighted by atomic mass is 10.3. The second kappa shape index (κ2) is 14.4. The maximum atomic E-state index is 12.7. The van der Waals surface area contributed by atoms with E-state index in [-0.39, 0.29) is 30.5 Å². The minimum absolute atomic E-state index is 0.0849. The van der Waals surface area contributed by atoms with Gasteiger partial charge in [0.2, 0.25) is 5.82 Å². The smallest absolute Gasteiger partial charge is 0.311 e. The molecule has 0 spiro atoms. The molecule has 0 aliphatic carbocycles. The number of benzene rings is 2. The molecule has 0 aliphatic rings. The summed E-state index contributed by atoms with van der Waals surface area (Å²) in [5.74, 6) is -2.13. The summed E-state index contributed by atoms with van der Waals surface area (Å²) in [6.07, 6.45) is 0. The molecule has 0 fully saturated rings. The maximum absolute atomic E-state index is 12.7. The van der Waals surface area contributed by atoms with Crippen molar-refractivity contribution in [1.29, 1.82) is 0 Å². The van der Waals surface area contributed by atoms with Crippen molar-refractivity contribution in [3.05, 3.63) is 74.1 Å². The summed E-state index contributed by atoms with van der Waals surface area (Å²) >= 11 is 10.3. The van der Waals surface area contributed by atoms with Gasteiger partial charge in [0, 0.05) is 30.1 Å². The van der Waals surface area contributed by atoms with Gasteiger partial charge in [-0.05, 0) is 12.1 Å². The van der Waals surface area contributed by atoms with Crippen LogP contribution in [0.1, 0.15) is 0 Å². The molecule has 29 heavy (non-hydrogen) atoms. The zero-order valence-corrected chi connectivity index (χ0v) is 16.1. The molecule has 0 aliphatic heterocycles. The number of rotatable bonds is 6. The summed E-state index contributed by atoms with van der Waals surface area (Å²) in [5, 5.41) is 28.2. The summed E-state index contributed by atoms with van der Waals surface area (Å²) in [5.41, 5.74) is -0.983. The largest absolute Gasteiger partial charge is 0.485 e. The van der Waals surface area contributed by atoms with Crippen molar-refractivity contribution in [2.75, 3.05) is 25.0 Å². The first-order chi connectivity index (χ1) is 13.7. The van der Waals surface area contributed by atoms with E-state index >= 15 is 0 Å². The Bertz CT molecular complexity index is 812. The number of nitro benzene ring substituents is 2. The fourth-order valence-corrected chi connectivity index (χ4v) is 1.61. The van der Waals surface area contributed by atoms with Gasteiger partial charge in [0.25, 0.3) is 0 Å². The van der Waals surface area contributed by atoms with Gasteiger partial charge in [-0.2, -0.15) is 4.39 Å². The van der Waals surface area contributed by atoms with Crippen LogP contribution in [-0.2, 0) is 0 Å². The Balaban J connectivity index is 0.000000466. The van der Waals surface area contributed by atoms with Crippen LogP contribution in [0.3, 0.4) is 0 Å². The molecular formula is C16H15Cl2F3N2O6. The van der Waals surface area contributed by atoms with Crippen LogP contribution in [0.25, 0.3) is 0 Å². The second-order valence-electron chi connectivity index (χ2n) is 4.67. The van der Waals surface area contributed by atoms with Crippen molar-refractivity contribution in [2.24, 2.45) is 0 Å². The number of hydrogen-bond acceptors (Lipinski definition) is 6. The van der Waals surface area contributed by atoms with E-state index in [9.17, 15) is 33.4 Å². The Kier molecular flexibility index (Phi) is 13.1. The predicted molar refractivity (Wildman–Crippen MR) is 100 cm³/mol. The van der Waals surface area contributed by atoms with E-state index < -0.39 is 33.0 Å². The van der Waals surface area contributed by atoms with Crippen LogP contribution in [0.2, 0.25) is 0 Å². The zero-order valence-electron chi connectivity index (χ0n) is 14.6. The van der Waals surface area contributed by atoms with Gasteiger partial charge in [-0.25, -0.2) is 8.78 Å². The van der Waals surface area contributed by atoms with Gasteiger partial charge in [0.05, 0.1) is 22.3 Å². The van der Waals surface area contributed by atoms with Crippen LogP contribution in [0, 0.1) is 37.7 Å². The Morgan fingerprint density at radius 1 is 0.897 bits per heavy atom. The van der Waals surface area contributed by atoms with Crippen LogP contribution in [0.5, 0.6) is 5.75 Å². The number of ether oxygens (including phenoxy) is 1. The van der Waals surface area contributed by atoms with Crippen LogP contribution >= 0.6 is 23.2 Å². The van der Waals surface area contributed by atoms with E-state index in [1.807, 2.05) is 0 Å². The molecule has 0 amide bonds. The van der Waals surface area contributed by atoms with Gasteiger partial charge in [-0.15, -0.1) is 23.2 Å². The van der Waals surface area contributed by atoms with Crippen molar-refractivity contribution in [3.63, 3.8) is 0 Å². The molecule has 0 bridgehead atoms. The van der Waals surface area contributed by atoms with Crippen LogP contribution in [0.4, 0.5) is 24.5 Å². The number of nitro groups is 2. The second-order valence-corrected chi connectivity index (χ2v) is 5.43. The number of aliphatic hydroxyl groups is 1. The van der Waals surface area contributed by atoms with Gasteiger partial charge in [-0.3, -0.25) is 20.2 Å². The number of alkyl halides is 2. The SMILES string of the molecule is O=[N+]([O-])c1ccc(F)cc1F.O=[N+]([O-])c1ccc(F)cc1OCCCl.OCCCl. The van der Waals surface area contributed by atoms with Gasteiger partial charge in [0.1, 0.15) is 18.2 Å². The molecule has 2 rings (SSSR count). The Hall–Kier alpha value is -2.63. The molecule has 0 heterocycles. The van der Waals surface area contributed by atoms with Crippen LogP contribution in [-0.4, -0.2) is 39.9 Å². The third-order valence-corrected chi connectivity index (χ3v) is 2.97. The monoisotopic (exact) mass is 458 g/mol. The molecule has 2 aromatic rings. The predicted octanol–water partition coefficient (Wildman–Crippen LogP) is 4.44. The summed E-state index contributed by atoms with van der Waals surface area (Å²) in [7, 11) is 0. The third kappa shape index (κ3) is 10.5. The minimum Gasteiger partial charge on any atom is -0.485 e. The maximum Gasteiger partial charge on any atom is 0.311 e. The Labute approximate surface area is 172 Å². The molecular weight excluding hydrogens is 444 g/mol. The van der Waals surface area contributed by atoms with Crippen molar-refractivity contribution in [2.45, 2.75) is 0 Å². The van der Waals surface area contributed by atoms with Gasteiger partial charge in [0.15, 0.2) is 5.75 Å². The fourth-order valence-electron chi connectivity index (χ4n) is 1.53. The standard InChI is InChI=1S/C8H7ClFNO3.C6H3F2NO2.C2H5ClO/c9-3-4-14-8-5-6(10)1-2-7(8)11(12)13;7-4-1-2-6(9(10)11)5(8)3-4;3-1-2-4/h1-2,5H,3-4H2;1-3H;4H,1-2H2. The molecule has 0 saturated heterocycles. The quantitative estimate of drug-likeness (QED) is 0.388. The van der Waals surface area contributed by atoms with Crippen LogP contribution < -0.4 is 4.74 Å². The molecule has 160 valence electrons. The minimum atomic E-state index is -1.16. The average molecular weight is 459 g/mol. The van der Waals surface area contributed by atoms with Crippen molar-refractivity contribution in [1.82, 2.24) is 0 Å². The lowest BCUT2D eigenvalue weighted by Gasteiger charge is -2.04. The molecule has 0 atom stereocenters. The van der Waals surface area contributed by atoms with E-state index in [2.05, 4.69) is 0 Å². The van der Waals surface area contributed by atoms with Gasteiger partial charge >= 0.3 is 11.4 Å². The van der Waals surface area contributed by atoms with E-state index in [1.54, 1.807) is 0 Å². The molecule has 1 N–H and O–H groups in total. The molecule has 0 unspecified atom stereocenters. The first-order valence-corrected chi connectivity index (χ1v) is 8.63. The molecule has 0 aromatic heterocycles. The van der Waals surface area contributed by atoms with Crippen LogP contribution in [0.15, 0.2) is 36.4 Å². The molecule has 13 heteroatoms. The molecule has 0 saturated carbocycles.